The van der Waals surface area contributed by atoms with E-state index < -0.39 is 0 Å². The van der Waals surface area contributed by atoms with Crippen LogP contribution in [-0.2, 0) is 6.61 Å². The fourth-order valence-electron chi connectivity index (χ4n) is 4.32. The van der Waals surface area contributed by atoms with E-state index in [-0.39, 0.29) is 6.61 Å². The van der Waals surface area contributed by atoms with Crippen molar-refractivity contribution >= 4 is 28.2 Å². The Balaban J connectivity index is 1.44. The minimum Gasteiger partial charge on any atom is -0.481 e. The number of fused-ring (bicyclic) bond motifs is 2. The van der Waals surface area contributed by atoms with E-state index in [9.17, 15) is 5.11 Å². The smallest absolute Gasteiger partial charge is 0.228 e. The molecule has 3 N–H and O–H groups in total. The molecule has 4 rings (SSSR count). The van der Waals surface area contributed by atoms with Gasteiger partial charge in [0.05, 0.1) is 24.7 Å². The Bertz CT molecular complexity index is 870. The van der Waals surface area contributed by atoms with Crippen LogP contribution in [0.1, 0.15) is 37.0 Å². The summed E-state index contributed by atoms with van der Waals surface area (Å²) in [5, 5.41) is 25.4. The van der Waals surface area contributed by atoms with Gasteiger partial charge in [-0.05, 0) is 25.7 Å². The number of nitrogens with zero attached hydrogens (tertiary/aromatic N) is 5. The van der Waals surface area contributed by atoms with Crippen LogP contribution in [0.15, 0.2) is 12.3 Å². The molecule has 2 aliphatic rings. The van der Waals surface area contributed by atoms with E-state index in [1.54, 1.807) is 19.4 Å². The van der Waals surface area contributed by atoms with Crippen molar-refractivity contribution in [3.63, 3.8) is 0 Å². The van der Waals surface area contributed by atoms with Crippen molar-refractivity contribution in [3.8, 4) is 11.9 Å². The van der Waals surface area contributed by atoms with Crippen LogP contribution >= 0.6 is 11.3 Å². The van der Waals surface area contributed by atoms with Crippen molar-refractivity contribution in [2.45, 2.75) is 56.8 Å². The van der Waals surface area contributed by atoms with Crippen molar-refractivity contribution in [1.29, 1.82) is 5.26 Å². The van der Waals surface area contributed by atoms with E-state index in [1.165, 1.54) is 24.2 Å². The molecule has 9 nitrogen and oxygen atoms in total. The van der Waals surface area contributed by atoms with Crippen LogP contribution in [0.5, 0.6) is 5.88 Å². The van der Waals surface area contributed by atoms with Crippen molar-refractivity contribution in [1.82, 2.24) is 19.9 Å². The van der Waals surface area contributed by atoms with Gasteiger partial charge in [-0.2, -0.15) is 15.2 Å². The van der Waals surface area contributed by atoms with E-state index in [4.69, 9.17) is 10.00 Å². The number of piperidine rings is 1. The van der Waals surface area contributed by atoms with Crippen molar-refractivity contribution in [2.24, 2.45) is 0 Å². The molecule has 0 spiro atoms. The molecule has 0 saturated carbocycles. The molecule has 2 bridgehead atoms. The maximum absolute atomic E-state index is 9.21. The van der Waals surface area contributed by atoms with Gasteiger partial charge in [0.15, 0.2) is 5.13 Å². The van der Waals surface area contributed by atoms with E-state index in [0.717, 1.165) is 24.3 Å². The zero-order valence-corrected chi connectivity index (χ0v) is 17.2. The molecule has 10 heteroatoms. The molecule has 2 aliphatic heterocycles. The summed E-state index contributed by atoms with van der Waals surface area (Å²) in [6.45, 7) is 0.834. The van der Waals surface area contributed by atoms with Gasteiger partial charge in [-0.25, -0.2) is 4.98 Å². The fraction of sp³-hybridized carbons (Fsp3) is 0.579. The van der Waals surface area contributed by atoms with E-state index in [0.29, 0.717) is 47.3 Å². The molecule has 154 valence electrons. The first-order valence-electron chi connectivity index (χ1n) is 9.83. The average molecular weight is 416 g/mol. The first-order valence-corrected chi connectivity index (χ1v) is 10.6. The molecule has 0 aliphatic carbocycles. The highest BCUT2D eigenvalue weighted by Crippen LogP contribution is 2.36. The topological polar surface area (TPSA) is 119 Å². The minimum atomic E-state index is -0.0331. The summed E-state index contributed by atoms with van der Waals surface area (Å²) in [5.74, 6) is 1.59. The maximum Gasteiger partial charge on any atom is 0.228 e. The second-order valence-electron chi connectivity index (χ2n) is 7.38. The van der Waals surface area contributed by atoms with E-state index >= 15 is 0 Å². The molecule has 0 amide bonds. The van der Waals surface area contributed by atoms with Gasteiger partial charge in [0.2, 0.25) is 11.8 Å². The SMILES string of the molecule is COc1cc(Nc2ncc(CO)s2)nc(N[C@@H]2C[C@H]3CC[C@@H](C2)N3CCC#N)n1. The number of rotatable bonds is 8. The number of nitriles is 1. The standard InChI is InChI=1S/C19H25N7O2S/c1-28-17-9-16(24-19-21-10-15(11-27)29-19)23-18(25-17)22-12-7-13-3-4-14(8-12)26(13)6-2-5-20/h9-10,12-14,27H,2-4,6-8,11H2,1H3,(H2,21,22,23,24,25)/t12-,13-,14+. The third-order valence-corrected chi connectivity index (χ3v) is 6.45. The summed E-state index contributed by atoms with van der Waals surface area (Å²) >= 11 is 1.38. The summed E-state index contributed by atoms with van der Waals surface area (Å²) in [6.07, 6.45) is 6.66. The molecule has 4 heterocycles. The molecular formula is C19H25N7O2S. The molecule has 0 aromatic carbocycles. The molecule has 3 atom stereocenters. The number of aliphatic hydroxyl groups is 1. The minimum absolute atomic E-state index is 0.0331. The van der Waals surface area contributed by atoms with Gasteiger partial charge in [-0.1, -0.05) is 11.3 Å². The zero-order valence-electron chi connectivity index (χ0n) is 16.3. The lowest BCUT2D eigenvalue weighted by atomic mass is 9.97. The Hall–Kier alpha value is -2.48. The molecular weight excluding hydrogens is 390 g/mol. The number of aliphatic hydroxyl groups excluding tert-OH is 1. The number of nitrogens with one attached hydrogen (secondary N) is 2. The summed E-state index contributed by atoms with van der Waals surface area (Å²) in [7, 11) is 1.58. The number of hydrogen-bond acceptors (Lipinski definition) is 10. The van der Waals surface area contributed by atoms with Crippen LogP contribution in [0.4, 0.5) is 16.9 Å². The molecule has 29 heavy (non-hydrogen) atoms. The average Bonchev–Trinajstić information content (AvgIpc) is 3.27. The summed E-state index contributed by atoms with van der Waals surface area (Å²) in [5.41, 5.74) is 0. The molecule has 2 saturated heterocycles. The lowest BCUT2D eigenvalue weighted by Gasteiger charge is -2.38. The molecule has 2 aromatic rings. The van der Waals surface area contributed by atoms with Crippen LogP contribution < -0.4 is 15.4 Å². The normalized spacial score (nSPS) is 23.6. The van der Waals surface area contributed by atoms with Gasteiger partial charge in [-0.3, -0.25) is 4.90 Å². The largest absolute Gasteiger partial charge is 0.481 e. The molecule has 0 unspecified atom stereocenters. The molecule has 2 fully saturated rings. The Morgan fingerprint density at radius 2 is 2.14 bits per heavy atom. The lowest BCUT2D eigenvalue weighted by molar-refractivity contribution is 0.135. The van der Waals surface area contributed by atoms with E-state index in [1.807, 2.05) is 0 Å². The maximum atomic E-state index is 9.21. The Morgan fingerprint density at radius 1 is 1.34 bits per heavy atom. The zero-order chi connectivity index (χ0) is 20.2. The Kier molecular flexibility index (Phi) is 6.08. The lowest BCUT2D eigenvalue weighted by Crippen LogP contribution is -2.47. The van der Waals surface area contributed by atoms with Gasteiger partial charge in [0.25, 0.3) is 0 Å². The quantitative estimate of drug-likeness (QED) is 0.597. The fourth-order valence-corrected chi connectivity index (χ4v) is 5.00. The number of ether oxygens (including phenoxy) is 1. The first kappa shape index (κ1) is 19.8. The predicted molar refractivity (Wildman–Crippen MR) is 110 cm³/mol. The number of thiazole rings is 1. The van der Waals surface area contributed by atoms with Crippen LogP contribution in [-0.4, -0.2) is 56.7 Å². The highest BCUT2D eigenvalue weighted by atomic mass is 32.1. The van der Waals surface area contributed by atoms with Gasteiger partial charge >= 0.3 is 0 Å². The van der Waals surface area contributed by atoms with Gasteiger partial charge < -0.3 is 20.5 Å². The monoisotopic (exact) mass is 415 g/mol. The summed E-state index contributed by atoms with van der Waals surface area (Å²) < 4.78 is 5.34. The van der Waals surface area contributed by atoms with Gasteiger partial charge in [-0.15, -0.1) is 0 Å². The second kappa shape index (κ2) is 8.90. The van der Waals surface area contributed by atoms with Crippen molar-refractivity contribution in [2.75, 3.05) is 24.3 Å². The highest BCUT2D eigenvalue weighted by Gasteiger charge is 2.40. The Labute approximate surface area is 173 Å². The Morgan fingerprint density at radius 3 is 2.79 bits per heavy atom. The van der Waals surface area contributed by atoms with Crippen LogP contribution in [0.25, 0.3) is 0 Å². The number of hydrogen-bond donors (Lipinski definition) is 3. The van der Waals surface area contributed by atoms with Crippen molar-refractivity contribution in [3.05, 3.63) is 17.1 Å². The van der Waals surface area contributed by atoms with Gasteiger partial charge in [0, 0.05) is 43.4 Å². The third-order valence-electron chi connectivity index (χ3n) is 5.56. The number of methoxy groups -OCH3 is 1. The molecule has 2 aromatic heterocycles. The van der Waals surface area contributed by atoms with Crippen LogP contribution in [0.3, 0.4) is 0 Å². The third kappa shape index (κ3) is 4.58. The van der Waals surface area contributed by atoms with Gasteiger partial charge in [0.1, 0.15) is 5.82 Å². The van der Waals surface area contributed by atoms with Crippen molar-refractivity contribution < 1.29 is 9.84 Å². The molecule has 0 radical (unpaired) electrons. The summed E-state index contributed by atoms with van der Waals surface area (Å²) in [6, 6.07) is 5.33. The summed E-state index contributed by atoms with van der Waals surface area (Å²) in [4.78, 5) is 16.6. The number of anilines is 3. The van der Waals surface area contributed by atoms with Crippen LogP contribution in [0.2, 0.25) is 0 Å². The highest BCUT2D eigenvalue weighted by molar-refractivity contribution is 7.15. The first-order chi connectivity index (χ1) is 14.2. The number of aromatic nitrogens is 3. The predicted octanol–water partition coefficient (Wildman–Crippen LogP) is 2.50. The van der Waals surface area contributed by atoms with E-state index in [2.05, 4.69) is 36.6 Å². The second-order valence-corrected chi connectivity index (χ2v) is 8.49. The van der Waals surface area contributed by atoms with Crippen LogP contribution in [0, 0.1) is 11.3 Å².